The van der Waals surface area contributed by atoms with Crippen LogP contribution in [0.2, 0.25) is 0 Å². The standard InChI is InChI=1S/C27H29F4N3O5/c1-9-26(7,13-39-24(38)25(4,5)6)33-23(37)21(35)19-14(2)20(34(8)15(19)3)22(36)32-16-10-11-18(28)17(12-16)27(29,30)31/h1,10-12H,13H2,2-8H3,(H,32,36)(H,33,37)/t26-/m0/s1. The van der Waals surface area contributed by atoms with E-state index in [2.05, 4.69) is 16.6 Å². The van der Waals surface area contributed by atoms with Crippen molar-refractivity contribution in [2.45, 2.75) is 53.3 Å². The molecule has 2 N–H and O–H groups in total. The molecule has 1 atom stereocenters. The van der Waals surface area contributed by atoms with Crippen LogP contribution in [0.1, 0.15) is 65.4 Å². The molecular formula is C27H29F4N3O5. The number of carbonyl (C=O) groups is 4. The average Bonchev–Trinajstić information content (AvgIpc) is 3.04. The van der Waals surface area contributed by atoms with E-state index in [0.717, 1.165) is 6.07 Å². The predicted molar refractivity (Wildman–Crippen MR) is 134 cm³/mol. The number of ketones is 1. The average molecular weight is 552 g/mol. The molecule has 0 spiro atoms. The lowest BCUT2D eigenvalue weighted by molar-refractivity contribution is -0.154. The van der Waals surface area contributed by atoms with E-state index in [1.807, 2.05) is 0 Å². The van der Waals surface area contributed by atoms with E-state index in [1.54, 1.807) is 20.8 Å². The van der Waals surface area contributed by atoms with Crippen LogP contribution in [0.4, 0.5) is 23.2 Å². The van der Waals surface area contributed by atoms with Crippen molar-refractivity contribution in [3.8, 4) is 12.3 Å². The molecule has 2 rings (SSSR count). The third-order valence-electron chi connectivity index (χ3n) is 5.92. The van der Waals surface area contributed by atoms with Gasteiger partial charge in [0.25, 0.3) is 17.6 Å². The molecule has 2 amide bonds. The van der Waals surface area contributed by atoms with Gasteiger partial charge in [0, 0.05) is 18.4 Å². The first-order valence-electron chi connectivity index (χ1n) is 11.6. The van der Waals surface area contributed by atoms with Gasteiger partial charge in [0.2, 0.25) is 0 Å². The molecule has 0 aliphatic heterocycles. The quantitative estimate of drug-likeness (QED) is 0.175. The maximum Gasteiger partial charge on any atom is 0.419 e. The fourth-order valence-electron chi connectivity index (χ4n) is 3.61. The Morgan fingerprint density at radius 2 is 1.67 bits per heavy atom. The number of nitrogens with one attached hydrogen (secondary N) is 2. The van der Waals surface area contributed by atoms with Crippen LogP contribution in [0.3, 0.4) is 0 Å². The Balaban J connectivity index is 2.32. The summed E-state index contributed by atoms with van der Waals surface area (Å²) < 4.78 is 59.2. The van der Waals surface area contributed by atoms with Crippen LogP contribution in [0.5, 0.6) is 0 Å². The van der Waals surface area contributed by atoms with Crippen molar-refractivity contribution in [1.82, 2.24) is 9.88 Å². The van der Waals surface area contributed by atoms with Crippen molar-refractivity contribution in [3.05, 3.63) is 52.1 Å². The minimum absolute atomic E-state index is 0.0763. The Kier molecular flexibility index (Phi) is 8.70. The summed E-state index contributed by atoms with van der Waals surface area (Å²) in [5.41, 5.74) is -4.18. The number of alkyl halides is 3. The zero-order chi connectivity index (χ0) is 30.1. The summed E-state index contributed by atoms with van der Waals surface area (Å²) >= 11 is 0. The zero-order valence-electron chi connectivity index (χ0n) is 22.5. The van der Waals surface area contributed by atoms with Gasteiger partial charge in [0.05, 0.1) is 16.5 Å². The molecule has 1 heterocycles. The molecule has 12 heteroatoms. The minimum Gasteiger partial charge on any atom is -0.462 e. The number of esters is 1. The molecule has 0 saturated carbocycles. The number of aromatic nitrogens is 1. The minimum atomic E-state index is -4.98. The number of hydrogen-bond acceptors (Lipinski definition) is 5. The number of amides is 2. The Morgan fingerprint density at radius 3 is 2.18 bits per heavy atom. The van der Waals surface area contributed by atoms with E-state index in [1.165, 1.54) is 32.4 Å². The summed E-state index contributed by atoms with van der Waals surface area (Å²) in [7, 11) is 1.43. The van der Waals surface area contributed by atoms with Crippen LogP contribution in [0.25, 0.3) is 0 Å². The van der Waals surface area contributed by atoms with Gasteiger partial charge in [-0.25, -0.2) is 4.39 Å². The highest BCUT2D eigenvalue weighted by Crippen LogP contribution is 2.33. The van der Waals surface area contributed by atoms with E-state index in [-0.39, 0.29) is 28.2 Å². The maximum absolute atomic E-state index is 13.6. The first kappa shape index (κ1) is 31.1. The molecule has 0 aliphatic carbocycles. The number of benzene rings is 1. The molecule has 2 aromatic rings. The number of terminal acetylenes is 1. The van der Waals surface area contributed by atoms with E-state index in [9.17, 15) is 36.7 Å². The summed E-state index contributed by atoms with van der Waals surface area (Å²) in [4.78, 5) is 51.0. The summed E-state index contributed by atoms with van der Waals surface area (Å²) in [6.07, 6.45) is 0.540. The summed E-state index contributed by atoms with van der Waals surface area (Å²) in [5.74, 6) is -2.83. The molecule has 0 bridgehead atoms. The predicted octanol–water partition coefficient (Wildman–Crippen LogP) is 4.33. The van der Waals surface area contributed by atoms with Crippen molar-refractivity contribution >= 4 is 29.3 Å². The highest BCUT2D eigenvalue weighted by atomic mass is 19.4. The lowest BCUT2D eigenvalue weighted by atomic mass is 9.97. The summed E-state index contributed by atoms with van der Waals surface area (Å²) in [6.45, 7) is 8.72. The van der Waals surface area contributed by atoms with Gasteiger partial charge in [-0.2, -0.15) is 13.2 Å². The largest absolute Gasteiger partial charge is 0.462 e. The normalized spacial score (nSPS) is 13.2. The van der Waals surface area contributed by atoms with Crippen LogP contribution in [-0.2, 0) is 27.5 Å². The SMILES string of the molecule is C#C[C@@](C)(COC(=O)C(C)(C)C)NC(=O)C(=O)c1c(C)c(C(=O)Nc2ccc(F)c(C(F)(F)F)c2)n(C)c1C. The number of Topliss-reactive ketones (excluding diaryl/α,β-unsaturated/α-hetero) is 1. The molecule has 0 fully saturated rings. The summed E-state index contributed by atoms with van der Waals surface area (Å²) in [5, 5.41) is 4.63. The molecular weight excluding hydrogens is 522 g/mol. The third kappa shape index (κ3) is 6.85. The van der Waals surface area contributed by atoms with Crippen LogP contribution in [0, 0.1) is 37.4 Å². The maximum atomic E-state index is 13.6. The Morgan fingerprint density at radius 1 is 1.08 bits per heavy atom. The Hall–Kier alpha value is -4.14. The fraction of sp³-hybridized carbons (Fsp3) is 0.407. The Bertz CT molecular complexity index is 1380. The second-order valence-electron chi connectivity index (χ2n) is 10.2. The lowest BCUT2D eigenvalue weighted by Gasteiger charge is -2.26. The smallest absolute Gasteiger partial charge is 0.419 e. The van der Waals surface area contributed by atoms with Crippen molar-refractivity contribution in [1.29, 1.82) is 0 Å². The number of rotatable bonds is 7. The second-order valence-corrected chi connectivity index (χ2v) is 10.2. The van der Waals surface area contributed by atoms with Gasteiger partial charge in [0.15, 0.2) is 0 Å². The number of ether oxygens (including phenoxy) is 1. The number of carbonyl (C=O) groups excluding carboxylic acids is 4. The van der Waals surface area contributed by atoms with Gasteiger partial charge in [-0.1, -0.05) is 5.92 Å². The second kappa shape index (κ2) is 10.9. The van der Waals surface area contributed by atoms with Crippen LogP contribution < -0.4 is 10.6 Å². The molecule has 1 aromatic carbocycles. The first-order chi connectivity index (χ1) is 17.7. The monoisotopic (exact) mass is 551 g/mol. The number of nitrogens with zero attached hydrogens (tertiary/aromatic N) is 1. The van der Waals surface area contributed by atoms with Gasteiger partial charge in [-0.05, 0) is 65.3 Å². The fourth-order valence-corrected chi connectivity index (χ4v) is 3.61. The highest BCUT2D eigenvalue weighted by molar-refractivity contribution is 6.44. The van der Waals surface area contributed by atoms with E-state index in [0.29, 0.717) is 12.1 Å². The van der Waals surface area contributed by atoms with Crippen LogP contribution in [0.15, 0.2) is 18.2 Å². The van der Waals surface area contributed by atoms with E-state index < -0.39 is 58.7 Å². The highest BCUT2D eigenvalue weighted by Gasteiger charge is 2.36. The van der Waals surface area contributed by atoms with Crippen molar-refractivity contribution < 1.29 is 41.5 Å². The topological polar surface area (TPSA) is 106 Å². The lowest BCUT2D eigenvalue weighted by Crippen LogP contribution is -2.51. The molecule has 39 heavy (non-hydrogen) atoms. The molecule has 1 aromatic heterocycles. The molecule has 8 nitrogen and oxygen atoms in total. The molecule has 0 saturated heterocycles. The number of halogens is 4. The zero-order valence-corrected chi connectivity index (χ0v) is 22.5. The van der Waals surface area contributed by atoms with Gasteiger partial charge < -0.3 is 19.9 Å². The summed E-state index contributed by atoms with van der Waals surface area (Å²) in [6, 6.07) is 1.98. The molecule has 210 valence electrons. The van der Waals surface area contributed by atoms with E-state index in [4.69, 9.17) is 11.2 Å². The van der Waals surface area contributed by atoms with Gasteiger partial charge in [-0.15, -0.1) is 6.42 Å². The molecule has 0 aliphatic rings. The van der Waals surface area contributed by atoms with Crippen LogP contribution >= 0.6 is 0 Å². The number of hydrogen-bond donors (Lipinski definition) is 2. The molecule has 0 radical (unpaired) electrons. The van der Waals surface area contributed by atoms with Gasteiger partial charge in [-0.3, -0.25) is 19.2 Å². The number of anilines is 1. The van der Waals surface area contributed by atoms with Gasteiger partial charge in [0.1, 0.15) is 23.7 Å². The first-order valence-corrected chi connectivity index (χ1v) is 11.6. The van der Waals surface area contributed by atoms with Crippen molar-refractivity contribution in [2.24, 2.45) is 12.5 Å². The third-order valence-corrected chi connectivity index (χ3v) is 5.92. The van der Waals surface area contributed by atoms with Gasteiger partial charge >= 0.3 is 12.1 Å². The van der Waals surface area contributed by atoms with Crippen LogP contribution in [-0.4, -0.2) is 40.3 Å². The molecule has 0 unspecified atom stereocenters. The van der Waals surface area contributed by atoms with Crippen molar-refractivity contribution in [3.63, 3.8) is 0 Å². The Labute approximate surface area is 223 Å². The van der Waals surface area contributed by atoms with E-state index >= 15 is 0 Å². The van der Waals surface area contributed by atoms with Crippen molar-refractivity contribution in [2.75, 3.05) is 11.9 Å².